The second-order valence-electron chi connectivity index (χ2n) is 10.5. The molecule has 220 valence electrons. The van der Waals surface area contributed by atoms with Crippen molar-refractivity contribution in [1.82, 2.24) is 19.4 Å². The average molecular weight is 640 g/mol. The lowest BCUT2D eigenvalue weighted by Crippen LogP contribution is -2.39. The molecule has 0 bridgehead atoms. The lowest BCUT2D eigenvalue weighted by atomic mass is 10.1. The minimum absolute atomic E-state index is 0.0404. The van der Waals surface area contributed by atoms with E-state index in [9.17, 15) is 9.18 Å². The number of imidazole rings is 1. The van der Waals surface area contributed by atoms with E-state index in [1.807, 2.05) is 30.3 Å². The summed E-state index contributed by atoms with van der Waals surface area (Å²) in [5.41, 5.74) is 2.94. The molecule has 6 rings (SSSR count). The number of rotatable bonds is 10. The molecule has 0 saturated carbocycles. The Balaban J connectivity index is 1.07. The van der Waals surface area contributed by atoms with Gasteiger partial charge in [-0.25, -0.2) is 19.2 Å². The minimum atomic E-state index is -0.429. The highest BCUT2D eigenvalue weighted by Crippen LogP contribution is 2.26. The smallest absolute Gasteiger partial charge is 0.337 e. The Bertz CT molecular complexity index is 1570. The summed E-state index contributed by atoms with van der Waals surface area (Å²) in [5.74, 6) is 0.880. The number of ether oxygens (including phenoxy) is 4. The van der Waals surface area contributed by atoms with Crippen LogP contribution in [-0.2, 0) is 29.2 Å². The van der Waals surface area contributed by atoms with Gasteiger partial charge in [-0.05, 0) is 61.7 Å². The zero-order valence-corrected chi connectivity index (χ0v) is 24.9. The number of likely N-dealkylation sites (tertiary alicyclic amines) is 1. The van der Waals surface area contributed by atoms with Gasteiger partial charge >= 0.3 is 5.97 Å². The monoisotopic (exact) mass is 638 g/mol. The average Bonchev–Trinajstić information content (AvgIpc) is 3.31. The molecule has 0 N–H and O–H groups in total. The first-order chi connectivity index (χ1) is 20.4. The van der Waals surface area contributed by atoms with Gasteiger partial charge in [0.25, 0.3) is 0 Å². The first-order valence-electron chi connectivity index (χ1n) is 14.1. The number of halogens is 2. The first kappa shape index (κ1) is 28.6. The fraction of sp³-hybridized carbons (Fsp3) is 0.387. The number of carbonyl (C=O) groups is 1. The molecule has 1 unspecified atom stereocenters. The van der Waals surface area contributed by atoms with Gasteiger partial charge in [0.2, 0.25) is 5.88 Å². The number of carbonyl (C=O) groups excluding carboxylic acids is 1. The molecule has 42 heavy (non-hydrogen) atoms. The fourth-order valence-corrected chi connectivity index (χ4v) is 5.61. The number of fused-ring (bicyclic) bond motifs is 1. The third kappa shape index (κ3) is 6.58. The highest BCUT2D eigenvalue weighted by Gasteiger charge is 2.26. The van der Waals surface area contributed by atoms with Gasteiger partial charge in [0.05, 0.1) is 48.6 Å². The van der Waals surface area contributed by atoms with E-state index in [2.05, 4.69) is 30.4 Å². The predicted octanol–water partition coefficient (Wildman–Crippen LogP) is 5.53. The molecular formula is C31H32BrFN4O5. The van der Waals surface area contributed by atoms with Crippen molar-refractivity contribution in [2.24, 2.45) is 0 Å². The van der Waals surface area contributed by atoms with Crippen LogP contribution < -0.4 is 9.47 Å². The Labute approximate surface area is 251 Å². The molecule has 2 saturated heterocycles. The predicted molar refractivity (Wildman–Crippen MR) is 157 cm³/mol. The van der Waals surface area contributed by atoms with E-state index in [0.717, 1.165) is 55.8 Å². The Morgan fingerprint density at radius 2 is 1.93 bits per heavy atom. The molecule has 0 radical (unpaired) electrons. The van der Waals surface area contributed by atoms with Crippen molar-refractivity contribution in [3.8, 4) is 11.6 Å². The van der Waals surface area contributed by atoms with Crippen LogP contribution in [0, 0.1) is 5.82 Å². The second-order valence-corrected chi connectivity index (χ2v) is 11.5. The van der Waals surface area contributed by atoms with Crippen LogP contribution in [0.3, 0.4) is 0 Å². The van der Waals surface area contributed by atoms with Gasteiger partial charge in [0.15, 0.2) is 11.6 Å². The Hall–Kier alpha value is -3.54. The molecule has 2 aromatic carbocycles. The number of nitrogens with zero attached hydrogens (tertiary/aromatic N) is 4. The molecule has 1 atom stereocenters. The number of hydrogen-bond acceptors (Lipinski definition) is 8. The van der Waals surface area contributed by atoms with E-state index < -0.39 is 5.82 Å². The van der Waals surface area contributed by atoms with Crippen LogP contribution in [0.5, 0.6) is 11.6 Å². The molecule has 4 aromatic rings. The van der Waals surface area contributed by atoms with Crippen molar-refractivity contribution in [2.75, 3.05) is 26.8 Å². The van der Waals surface area contributed by atoms with E-state index in [-0.39, 0.29) is 30.5 Å². The van der Waals surface area contributed by atoms with Gasteiger partial charge in [-0.2, -0.15) is 0 Å². The molecular weight excluding hydrogens is 607 g/mol. The van der Waals surface area contributed by atoms with Gasteiger partial charge in [-0.3, -0.25) is 4.90 Å². The number of piperidine rings is 1. The molecule has 2 fully saturated rings. The topological polar surface area (TPSA) is 87.9 Å². The second kappa shape index (κ2) is 12.8. The quantitative estimate of drug-likeness (QED) is 0.210. The molecule has 0 aliphatic carbocycles. The number of hydrogen-bond donors (Lipinski definition) is 0. The van der Waals surface area contributed by atoms with Gasteiger partial charge in [0.1, 0.15) is 18.5 Å². The Kier molecular flexibility index (Phi) is 8.68. The van der Waals surface area contributed by atoms with Crippen molar-refractivity contribution >= 4 is 32.9 Å². The first-order valence-corrected chi connectivity index (χ1v) is 14.9. The molecule has 11 heteroatoms. The lowest BCUT2D eigenvalue weighted by Gasteiger charge is -2.32. The molecule has 2 aliphatic heterocycles. The minimum Gasteiger partial charge on any atom is -0.484 e. The van der Waals surface area contributed by atoms with Crippen LogP contribution in [0.15, 0.2) is 59.1 Å². The Morgan fingerprint density at radius 3 is 2.67 bits per heavy atom. The number of pyridine rings is 1. The largest absolute Gasteiger partial charge is 0.484 e. The summed E-state index contributed by atoms with van der Waals surface area (Å²) >= 11 is 3.25. The number of esters is 1. The number of methoxy groups -OCH3 is 1. The highest BCUT2D eigenvalue weighted by atomic mass is 79.9. The maximum Gasteiger partial charge on any atom is 0.337 e. The van der Waals surface area contributed by atoms with Crippen LogP contribution in [0.25, 0.3) is 11.0 Å². The summed E-state index contributed by atoms with van der Waals surface area (Å²) in [7, 11) is 1.39. The molecule has 9 nitrogen and oxygen atoms in total. The summed E-state index contributed by atoms with van der Waals surface area (Å²) in [5, 5.41) is 0. The lowest BCUT2D eigenvalue weighted by molar-refractivity contribution is -0.0592. The standard InChI is InChI=1S/C31H32BrFN4O5/c1-39-31(38)20-5-7-26-27(15-20)37(17-24-11-14-40-24)29(35-26)18-36-12-9-23(10-13-36)42-30-4-2-3-22(34-30)19-41-28-8-6-21(32)16-25(28)33/h2-8,15-16,23-24H,9-14,17-19H2,1H3. The van der Waals surface area contributed by atoms with Crippen molar-refractivity contribution in [3.63, 3.8) is 0 Å². The van der Waals surface area contributed by atoms with Gasteiger partial charge in [0, 0.05) is 30.2 Å². The summed E-state index contributed by atoms with van der Waals surface area (Å²) in [4.78, 5) is 24.0. The van der Waals surface area contributed by atoms with E-state index >= 15 is 0 Å². The van der Waals surface area contributed by atoms with Crippen molar-refractivity contribution in [2.45, 2.75) is 51.2 Å². The molecule has 0 spiro atoms. The van der Waals surface area contributed by atoms with Crippen molar-refractivity contribution < 1.29 is 28.1 Å². The van der Waals surface area contributed by atoms with Crippen LogP contribution in [-0.4, -0.2) is 64.4 Å². The van der Waals surface area contributed by atoms with Crippen LogP contribution in [0.2, 0.25) is 0 Å². The van der Waals surface area contributed by atoms with E-state index in [0.29, 0.717) is 34.7 Å². The molecule has 2 aromatic heterocycles. The summed E-state index contributed by atoms with van der Waals surface area (Å²) in [6.07, 6.45) is 2.92. The summed E-state index contributed by atoms with van der Waals surface area (Å²) in [6.45, 7) is 4.03. The highest BCUT2D eigenvalue weighted by molar-refractivity contribution is 9.10. The zero-order valence-electron chi connectivity index (χ0n) is 23.3. The normalized spacial score (nSPS) is 17.6. The number of benzene rings is 2. The third-order valence-corrected chi connectivity index (χ3v) is 8.16. The fourth-order valence-electron chi connectivity index (χ4n) is 5.28. The maximum absolute atomic E-state index is 14.1. The van der Waals surface area contributed by atoms with Crippen LogP contribution in [0.4, 0.5) is 4.39 Å². The van der Waals surface area contributed by atoms with Crippen LogP contribution >= 0.6 is 15.9 Å². The van der Waals surface area contributed by atoms with E-state index in [1.54, 1.807) is 18.2 Å². The third-order valence-electron chi connectivity index (χ3n) is 7.67. The Morgan fingerprint density at radius 1 is 1.10 bits per heavy atom. The number of aromatic nitrogens is 3. The van der Waals surface area contributed by atoms with Gasteiger partial charge < -0.3 is 23.5 Å². The molecule has 2 aliphatic rings. The molecule has 0 amide bonds. The van der Waals surface area contributed by atoms with Gasteiger partial charge in [-0.1, -0.05) is 22.0 Å². The van der Waals surface area contributed by atoms with E-state index in [1.165, 1.54) is 13.2 Å². The van der Waals surface area contributed by atoms with Gasteiger partial charge in [-0.15, -0.1) is 0 Å². The van der Waals surface area contributed by atoms with Crippen LogP contribution in [0.1, 0.15) is 41.1 Å². The SMILES string of the molecule is COC(=O)c1ccc2nc(CN3CCC(Oc4cccc(COc5ccc(Br)cc5F)n4)CC3)n(CC3CCO3)c2c1. The molecule has 4 heterocycles. The summed E-state index contributed by atoms with van der Waals surface area (Å²) < 4.78 is 39.4. The van der Waals surface area contributed by atoms with Crippen molar-refractivity contribution in [3.05, 3.63) is 82.0 Å². The zero-order chi connectivity index (χ0) is 29.1. The maximum atomic E-state index is 14.1. The summed E-state index contributed by atoms with van der Waals surface area (Å²) in [6, 6.07) is 15.7. The van der Waals surface area contributed by atoms with E-state index in [4.69, 9.17) is 23.9 Å². The van der Waals surface area contributed by atoms with Crippen molar-refractivity contribution in [1.29, 1.82) is 0 Å².